The number of benzene rings is 1. The van der Waals surface area contributed by atoms with Gasteiger partial charge in [-0.15, -0.1) is 0 Å². The molecule has 0 atom stereocenters. The number of aromatic nitrogens is 2. The van der Waals surface area contributed by atoms with Gasteiger partial charge in [0.25, 0.3) is 0 Å². The van der Waals surface area contributed by atoms with Crippen LogP contribution in [0.2, 0.25) is 0 Å². The number of fused-ring (bicyclic) bond motifs is 2. The summed E-state index contributed by atoms with van der Waals surface area (Å²) in [7, 11) is 0. The van der Waals surface area contributed by atoms with E-state index < -0.39 is 0 Å². The Morgan fingerprint density at radius 3 is 2.58 bits per heavy atom. The lowest BCUT2D eigenvalue weighted by Crippen LogP contribution is -2.18. The number of nitrogens with one attached hydrogen (secondary N) is 1. The smallest absolute Gasteiger partial charge is 0.235 e. The molecule has 2 aromatic rings. The van der Waals surface area contributed by atoms with Crippen LogP contribution in [0, 0.1) is 6.92 Å². The Morgan fingerprint density at radius 1 is 1.16 bits per heavy atom. The maximum Gasteiger partial charge on any atom is 0.235 e. The van der Waals surface area contributed by atoms with Crippen LogP contribution < -0.4 is 5.32 Å². The second-order valence-corrected chi connectivity index (χ2v) is 5.32. The number of nitrogens with zero attached hydrogens (tertiary/aromatic N) is 2. The molecule has 1 amide bonds. The molecular weight excluding hydrogens is 238 g/mol. The predicted octanol–water partition coefficient (Wildman–Crippen LogP) is 2.44. The predicted molar refractivity (Wildman–Crippen MR) is 71.7 cm³/mol. The van der Waals surface area contributed by atoms with Crippen LogP contribution in [-0.4, -0.2) is 15.9 Å². The van der Waals surface area contributed by atoms with Gasteiger partial charge in [-0.1, -0.05) is 12.1 Å². The quantitative estimate of drug-likeness (QED) is 0.847. The summed E-state index contributed by atoms with van der Waals surface area (Å²) in [6.45, 7) is 1.86. The molecule has 4 rings (SSSR count). The number of rotatable bonds is 1. The molecule has 2 heterocycles. The van der Waals surface area contributed by atoms with Crippen molar-refractivity contribution < 1.29 is 4.79 Å². The molecular formula is C15H13N3O. The molecule has 1 N–H and O–H groups in total. The van der Waals surface area contributed by atoms with Crippen molar-refractivity contribution in [1.82, 2.24) is 9.97 Å². The lowest BCUT2D eigenvalue weighted by molar-refractivity contribution is -0.117. The van der Waals surface area contributed by atoms with Gasteiger partial charge in [0, 0.05) is 23.6 Å². The summed E-state index contributed by atoms with van der Waals surface area (Å²) in [6.07, 6.45) is 5.57. The molecule has 1 fully saturated rings. The van der Waals surface area contributed by atoms with E-state index in [9.17, 15) is 4.79 Å². The highest BCUT2D eigenvalue weighted by molar-refractivity contribution is 6.08. The fourth-order valence-electron chi connectivity index (χ4n) is 2.77. The Morgan fingerprint density at radius 2 is 1.89 bits per heavy atom. The van der Waals surface area contributed by atoms with Gasteiger partial charge in [0.15, 0.2) is 0 Å². The largest absolute Gasteiger partial charge is 0.325 e. The van der Waals surface area contributed by atoms with Crippen LogP contribution in [0.3, 0.4) is 0 Å². The van der Waals surface area contributed by atoms with Crippen molar-refractivity contribution in [2.24, 2.45) is 0 Å². The SMILES string of the molecule is Cc1ncc(-c2ccc3c(c2)NC(=O)C32CC2)cn1. The molecule has 4 nitrogen and oxygen atoms in total. The molecule has 0 unspecified atom stereocenters. The van der Waals surface area contributed by atoms with Crippen LogP contribution in [0.25, 0.3) is 11.1 Å². The minimum Gasteiger partial charge on any atom is -0.325 e. The molecule has 0 bridgehead atoms. The zero-order valence-electron chi connectivity index (χ0n) is 10.6. The summed E-state index contributed by atoms with van der Waals surface area (Å²) in [5, 5.41) is 2.99. The summed E-state index contributed by atoms with van der Waals surface area (Å²) < 4.78 is 0. The molecule has 1 aliphatic heterocycles. The lowest BCUT2D eigenvalue weighted by Gasteiger charge is -2.06. The van der Waals surface area contributed by atoms with Crippen molar-refractivity contribution in [1.29, 1.82) is 0 Å². The Balaban J connectivity index is 1.80. The Labute approximate surface area is 110 Å². The van der Waals surface area contributed by atoms with E-state index in [2.05, 4.69) is 21.4 Å². The number of amides is 1. The molecule has 4 heteroatoms. The zero-order chi connectivity index (χ0) is 13.0. The van der Waals surface area contributed by atoms with Gasteiger partial charge in [-0.3, -0.25) is 4.79 Å². The van der Waals surface area contributed by atoms with Crippen LogP contribution in [-0.2, 0) is 10.2 Å². The van der Waals surface area contributed by atoms with E-state index >= 15 is 0 Å². The molecule has 0 radical (unpaired) electrons. The molecule has 94 valence electrons. The first-order valence-corrected chi connectivity index (χ1v) is 6.44. The minimum absolute atomic E-state index is 0.153. The maximum absolute atomic E-state index is 12.0. The molecule has 1 aromatic carbocycles. The van der Waals surface area contributed by atoms with Gasteiger partial charge in [-0.05, 0) is 37.0 Å². The second kappa shape index (κ2) is 3.41. The van der Waals surface area contributed by atoms with E-state index in [0.29, 0.717) is 0 Å². The fraction of sp³-hybridized carbons (Fsp3) is 0.267. The van der Waals surface area contributed by atoms with Gasteiger partial charge in [0.1, 0.15) is 5.82 Å². The third-order valence-corrected chi connectivity index (χ3v) is 4.08. The van der Waals surface area contributed by atoms with Crippen molar-refractivity contribution >= 4 is 11.6 Å². The van der Waals surface area contributed by atoms with E-state index in [1.165, 1.54) is 0 Å². The summed E-state index contributed by atoms with van der Waals surface area (Å²) in [5.41, 5.74) is 3.89. The van der Waals surface area contributed by atoms with Gasteiger partial charge >= 0.3 is 0 Å². The van der Waals surface area contributed by atoms with Gasteiger partial charge in [-0.25, -0.2) is 9.97 Å². The molecule has 0 saturated heterocycles. The Bertz CT molecular complexity index is 687. The third-order valence-electron chi connectivity index (χ3n) is 4.08. The first-order chi connectivity index (χ1) is 9.19. The third kappa shape index (κ3) is 1.43. The highest BCUT2D eigenvalue weighted by Gasteiger charge is 2.56. The number of hydrogen-bond acceptors (Lipinski definition) is 3. The fourth-order valence-corrected chi connectivity index (χ4v) is 2.77. The van der Waals surface area contributed by atoms with Gasteiger partial charge in [0.2, 0.25) is 5.91 Å². The second-order valence-electron chi connectivity index (χ2n) is 5.32. The summed E-state index contributed by atoms with van der Waals surface area (Å²) in [6, 6.07) is 6.14. The zero-order valence-corrected chi connectivity index (χ0v) is 10.6. The molecule has 1 spiro atoms. The Hall–Kier alpha value is -2.23. The average molecular weight is 251 g/mol. The van der Waals surface area contributed by atoms with Crippen molar-refractivity contribution in [3.8, 4) is 11.1 Å². The standard InChI is InChI=1S/C15H13N3O/c1-9-16-7-11(8-17-9)10-2-3-12-13(6-10)18-14(19)15(12)4-5-15/h2-3,6-8H,4-5H2,1H3,(H,18,19). The number of hydrogen-bond donors (Lipinski definition) is 1. The number of carbonyl (C=O) groups is 1. The van der Waals surface area contributed by atoms with E-state index in [4.69, 9.17) is 0 Å². The summed E-state index contributed by atoms with van der Waals surface area (Å²) in [4.78, 5) is 20.4. The first kappa shape index (κ1) is 10.7. The monoisotopic (exact) mass is 251 g/mol. The summed E-state index contributed by atoms with van der Waals surface area (Å²) >= 11 is 0. The molecule has 2 aliphatic rings. The first-order valence-electron chi connectivity index (χ1n) is 6.44. The van der Waals surface area contributed by atoms with E-state index in [-0.39, 0.29) is 11.3 Å². The minimum atomic E-state index is -0.211. The van der Waals surface area contributed by atoms with Crippen LogP contribution in [0.4, 0.5) is 5.69 Å². The van der Waals surface area contributed by atoms with Gasteiger partial charge in [0.05, 0.1) is 5.41 Å². The number of carbonyl (C=O) groups excluding carboxylic acids is 1. The van der Waals surface area contributed by atoms with Crippen molar-refractivity contribution in [3.63, 3.8) is 0 Å². The van der Waals surface area contributed by atoms with Crippen LogP contribution in [0.1, 0.15) is 24.2 Å². The van der Waals surface area contributed by atoms with E-state index in [1.807, 2.05) is 31.5 Å². The van der Waals surface area contributed by atoms with Crippen molar-refractivity contribution in [2.75, 3.05) is 5.32 Å². The highest BCUT2D eigenvalue weighted by atomic mass is 16.2. The normalized spacial score (nSPS) is 18.3. The van der Waals surface area contributed by atoms with Crippen LogP contribution >= 0.6 is 0 Å². The average Bonchev–Trinajstić information content (AvgIpc) is 3.15. The van der Waals surface area contributed by atoms with Crippen LogP contribution in [0.5, 0.6) is 0 Å². The lowest BCUT2D eigenvalue weighted by atomic mass is 9.96. The number of anilines is 1. The topological polar surface area (TPSA) is 54.9 Å². The van der Waals surface area contributed by atoms with Gasteiger partial charge in [-0.2, -0.15) is 0 Å². The molecule has 1 saturated carbocycles. The molecule has 19 heavy (non-hydrogen) atoms. The van der Waals surface area contributed by atoms with Crippen molar-refractivity contribution in [2.45, 2.75) is 25.2 Å². The maximum atomic E-state index is 12.0. The summed E-state index contributed by atoms with van der Waals surface area (Å²) in [5.74, 6) is 0.912. The van der Waals surface area contributed by atoms with Crippen LogP contribution in [0.15, 0.2) is 30.6 Å². The van der Waals surface area contributed by atoms with Gasteiger partial charge < -0.3 is 5.32 Å². The van der Waals surface area contributed by atoms with E-state index in [1.54, 1.807) is 0 Å². The molecule has 1 aliphatic carbocycles. The van der Waals surface area contributed by atoms with E-state index in [0.717, 1.165) is 41.0 Å². The highest BCUT2D eigenvalue weighted by Crippen LogP contribution is 2.55. The van der Waals surface area contributed by atoms with Crippen molar-refractivity contribution in [3.05, 3.63) is 42.0 Å². The number of aryl methyl sites for hydroxylation is 1. The molecule has 1 aromatic heterocycles. The Kier molecular flexibility index (Phi) is 1.91.